The number of rotatable bonds is 11. The number of aliphatic hydroxyl groups is 1. The van der Waals surface area contributed by atoms with E-state index in [2.05, 4.69) is 6.92 Å². The Bertz CT molecular complexity index is 375. The minimum Gasteiger partial charge on any atom is -0.432 e. The number of benzene rings is 1. The predicted molar refractivity (Wildman–Crippen MR) is 85.1 cm³/mol. The first-order chi connectivity index (χ1) is 10.2. The molecule has 1 rings (SSSR count). The number of aliphatic hydroxyl groups excluding tert-OH is 1. The van der Waals surface area contributed by atoms with Gasteiger partial charge in [-0.2, -0.15) is 0 Å². The zero-order valence-electron chi connectivity index (χ0n) is 13.1. The molecule has 0 aliphatic rings. The van der Waals surface area contributed by atoms with Crippen LogP contribution in [0, 0.1) is 0 Å². The van der Waals surface area contributed by atoms with Gasteiger partial charge in [0.05, 0.1) is 5.56 Å². The van der Waals surface area contributed by atoms with Crippen LogP contribution >= 0.6 is 0 Å². The average Bonchev–Trinajstić information content (AvgIpc) is 2.50. The first-order valence-electron chi connectivity index (χ1n) is 8.18. The van der Waals surface area contributed by atoms with Gasteiger partial charge in [0.25, 0.3) is 0 Å². The topological polar surface area (TPSA) is 46.5 Å². The molecule has 21 heavy (non-hydrogen) atoms. The Hall–Kier alpha value is -1.35. The van der Waals surface area contributed by atoms with E-state index in [0.717, 1.165) is 12.8 Å². The maximum Gasteiger partial charge on any atom is 0.340 e. The normalized spacial score (nSPS) is 12.1. The summed E-state index contributed by atoms with van der Waals surface area (Å²) in [7, 11) is 0. The van der Waals surface area contributed by atoms with E-state index in [4.69, 9.17) is 4.74 Å². The summed E-state index contributed by atoms with van der Waals surface area (Å²) in [6, 6.07) is 8.77. The van der Waals surface area contributed by atoms with Crippen LogP contribution in [0.4, 0.5) is 0 Å². The highest BCUT2D eigenvalue weighted by Gasteiger charge is 2.12. The van der Waals surface area contributed by atoms with Gasteiger partial charge >= 0.3 is 5.97 Å². The molecule has 1 aromatic rings. The Morgan fingerprint density at radius 1 is 1.00 bits per heavy atom. The van der Waals surface area contributed by atoms with Crippen LogP contribution in [0.15, 0.2) is 30.3 Å². The maximum absolute atomic E-state index is 11.7. The van der Waals surface area contributed by atoms with E-state index in [1.165, 1.54) is 38.5 Å². The minimum atomic E-state index is -0.988. The highest BCUT2D eigenvalue weighted by atomic mass is 16.6. The van der Waals surface area contributed by atoms with E-state index >= 15 is 0 Å². The third-order valence-corrected chi connectivity index (χ3v) is 3.56. The molecule has 0 heterocycles. The molecule has 0 saturated heterocycles. The van der Waals surface area contributed by atoms with Gasteiger partial charge < -0.3 is 9.84 Å². The second kappa shape index (κ2) is 11.3. The van der Waals surface area contributed by atoms with Crippen molar-refractivity contribution in [1.29, 1.82) is 0 Å². The van der Waals surface area contributed by atoms with Crippen LogP contribution in [-0.4, -0.2) is 17.4 Å². The van der Waals surface area contributed by atoms with Crippen molar-refractivity contribution >= 4 is 5.97 Å². The predicted octanol–water partition coefficient (Wildman–Crippen LogP) is 4.69. The van der Waals surface area contributed by atoms with Gasteiger partial charge in [0.2, 0.25) is 6.29 Å². The summed E-state index contributed by atoms with van der Waals surface area (Å²) in [5.74, 6) is -0.456. The summed E-state index contributed by atoms with van der Waals surface area (Å²) in [4.78, 5) is 11.7. The SMILES string of the molecule is CCCCCCCCCCC(O)OC(=O)c1ccccc1. The molecular formula is C18H28O3. The smallest absolute Gasteiger partial charge is 0.340 e. The fourth-order valence-electron chi connectivity index (χ4n) is 2.28. The Balaban J connectivity index is 2.04. The van der Waals surface area contributed by atoms with E-state index < -0.39 is 12.3 Å². The molecule has 1 N–H and O–H groups in total. The molecule has 1 aromatic carbocycles. The number of ether oxygens (including phenoxy) is 1. The molecule has 118 valence electrons. The molecule has 0 aromatic heterocycles. The number of unbranched alkanes of at least 4 members (excludes halogenated alkanes) is 7. The van der Waals surface area contributed by atoms with Gasteiger partial charge in [-0.25, -0.2) is 4.79 Å². The van der Waals surface area contributed by atoms with Gasteiger partial charge in [-0.15, -0.1) is 0 Å². The second-order valence-electron chi connectivity index (χ2n) is 5.49. The molecule has 0 aliphatic carbocycles. The lowest BCUT2D eigenvalue weighted by molar-refractivity contribution is -0.0694. The molecule has 0 bridgehead atoms. The largest absolute Gasteiger partial charge is 0.432 e. The standard InChI is InChI=1S/C18H28O3/c1-2-3-4-5-6-7-8-12-15-17(19)21-18(20)16-13-10-9-11-14-16/h9-11,13-14,17,19H,2-8,12,15H2,1H3. The van der Waals surface area contributed by atoms with Crippen LogP contribution in [0.3, 0.4) is 0 Å². The summed E-state index contributed by atoms with van der Waals surface area (Å²) in [6.45, 7) is 2.22. The van der Waals surface area contributed by atoms with E-state index in [0.29, 0.717) is 12.0 Å². The van der Waals surface area contributed by atoms with Gasteiger partial charge in [0, 0.05) is 6.42 Å². The van der Waals surface area contributed by atoms with Crippen molar-refractivity contribution in [3.05, 3.63) is 35.9 Å². The molecule has 0 fully saturated rings. The lowest BCUT2D eigenvalue weighted by atomic mass is 10.1. The van der Waals surface area contributed by atoms with Crippen molar-refractivity contribution < 1.29 is 14.6 Å². The molecule has 0 spiro atoms. The van der Waals surface area contributed by atoms with Gasteiger partial charge in [-0.05, 0) is 18.6 Å². The lowest BCUT2D eigenvalue weighted by Gasteiger charge is -2.12. The van der Waals surface area contributed by atoms with Gasteiger partial charge in [0.15, 0.2) is 0 Å². The number of carbonyl (C=O) groups is 1. The highest BCUT2D eigenvalue weighted by molar-refractivity contribution is 5.89. The summed E-state index contributed by atoms with van der Waals surface area (Å²) < 4.78 is 5.01. The van der Waals surface area contributed by atoms with Crippen molar-refractivity contribution in [3.8, 4) is 0 Å². The van der Waals surface area contributed by atoms with Crippen molar-refractivity contribution in [2.24, 2.45) is 0 Å². The van der Waals surface area contributed by atoms with Crippen LogP contribution in [0.2, 0.25) is 0 Å². The zero-order chi connectivity index (χ0) is 15.3. The van der Waals surface area contributed by atoms with Crippen molar-refractivity contribution in [2.45, 2.75) is 71.0 Å². The molecule has 1 atom stereocenters. The van der Waals surface area contributed by atoms with Gasteiger partial charge in [-0.1, -0.05) is 70.1 Å². The monoisotopic (exact) mass is 292 g/mol. The van der Waals surface area contributed by atoms with Crippen LogP contribution < -0.4 is 0 Å². The summed E-state index contributed by atoms with van der Waals surface area (Å²) in [6.07, 6.45) is 9.22. The Morgan fingerprint density at radius 3 is 2.19 bits per heavy atom. The molecular weight excluding hydrogens is 264 g/mol. The van der Waals surface area contributed by atoms with Gasteiger partial charge in [-0.3, -0.25) is 0 Å². The first-order valence-corrected chi connectivity index (χ1v) is 8.18. The third-order valence-electron chi connectivity index (χ3n) is 3.56. The second-order valence-corrected chi connectivity index (χ2v) is 5.49. The Labute approximate surface area is 128 Å². The number of hydrogen-bond acceptors (Lipinski definition) is 3. The molecule has 0 radical (unpaired) electrons. The fraction of sp³-hybridized carbons (Fsp3) is 0.611. The molecule has 3 nitrogen and oxygen atoms in total. The quantitative estimate of drug-likeness (QED) is 0.365. The van der Waals surface area contributed by atoms with Gasteiger partial charge in [0.1, 0.15) is 0 Å². The van der Waals surface area contributed by atoms with E-state index in [1.54, 1.807) is 24.3 Å². The Kier molecular flexibility index (Phi) is 9.55. The Morgan fingerprint density at radius 2 is 1.57 bits per heavy atom. The highest BCUT2D eigenvalue weighted by Crippen LogP contribution is 2.12. The van der Waals surface area contributed by atoms with Crippen LogP contribution in [0.1, 0.15) is 75.1 Å². The third kappa shape index (κ3) is 8.51. The van der Waals surface area contributed by atoms with E-state index in [9.17, 15) is 9.90 Å². The van der Waals surface area contributed by atoms with Crippen molar-refractivity contribution in [2.75, 3.05) is 0 Å². The minimum absolute atomic E-state index is 0.456. The molecule has 0 amide bonds. The summed E-state index contributed by atoms with van der Waals surface area (Å²) in [5.41, 5.74) is 0.479. The van der Waals surface area contributed by atoms with Crippen molar-refractivity contribution in [3.63, 3.8) is 0 Å². The first kappa shape index (κ1) is 17.7. The number of hydrogen-bond donors (Lipinski definition) is 1. The number of carbonyl (C=O) groups excluding carboxylic acids is 1. The molecule has 3 heteroatoms. The van der Waals surface area contributed by atoms with Crippen LogP contribution in [-0.2, 0) is 4.74 Å². The maximum atomic E-state index is 11.7. The van der Waals surface area contributed by atoms with Crippen LogP contribution in [0.25, 0.3) is 0 Å². The number of esters is 1. The van der Waals surface area contributed by atoms with Crippen molar-refractivity contribution in [1.82, 2.24) is 0 Å². The molecule has 0 saturated carbocycles. The van der Waals surface area contributed by atoms with E-state index in [1.807, 2.05) is 6.07 Å². The van der Waals surface area contributed by atoms with E-state index in [-0.39, 0.29) is 0 Å². The lowest BCUT2D eigenvalue weighted by Crippen LogP contribution is -2.17. The summed E-state index contributed by atoms with van der Waals surface area (Å²) >= 11 is 0. The van der Waals surface area contributed by atoms with Crippen LogP contribution in [0.5, 0.6) is 0 Å². The molecule has 1 unspecified atom stereocenters. The fourth-order valence-corrected chi connectivity index (χ4v) is 2.28. The molecule has 0 aliphatic heterocycles. The zero-order valence-corrected chi connectivity index (χ0v) is 13.1. The average molecular weight is 292 g/mol. The summed E-state index contributed by atoms with van der Waals surface area (Å²) in [5, 5.41) is 9.71.